The van der Waals surface area contributed by atoms with E-state index < -0.39 is 0 Å². The number of rotatable bonds is 10. The third-order valence-electron chi connectivity index (χ3n) is 3.24. The van der Waals surface area contributed by atoms with Crippen LogP contribution in [0.25, 0.3) is 0 Å². The summed E-state index contributed by atoms with van der Waals surface area (Å²) in [5.41, 5.74) is 0. The van der Waals surface area contributed by atoms with Crippen LogP contribution in [0.2, 0.25) is 0 Å². The molecule has 0 saturated heterocycles. The van der Waals surface area contributed by atoms with Gasteiger partial charge in [0.05, 0.1) is 0 Å². The van der Waals surface area contributed by atoms with Crippen LogP contribution in [-0.4, -0.2) is 37.6 Å². The molecule has 0 radical (unpaired) electrons. The molecule has 0 spiro atoms. The van der Waals surface area contributed by atoms with Crippen LogP contribution in [0.5, 0.6) is 0 Å². The average molecular weight is 212 g/mol. The summed E-state index contributed by atoms with van der Waals surface area (Å²) in [5.74, 6) is 1.05. The number of nitrogens with zero attached hydrogens (tertiary/aromatic N) is 1. The van der Waals surface area contributed by atoms with Crippen molar-refractivity contribution >= 4 is 0 Å². The minimum absolute atomic E-state index is 1.05. The predicted molar refractivity (Wildman–Crippen MR) is 67.2 cm³/mol. The zero-order chi connectivity index (χ0) is 10.9. The number of unbranched alkanes of at least 4 members (excludes halogenated alkanes) is 2. The predicted octanol–water partition coefficient (Wildman–Crippen LogP) is 2.50. The summed E-state index contributed by atoms with van der Waals surface area (Å²) in [5, 5.41) is 3.38. The Morgan fingerprint density at radius 1 is 1.13 bits per heavy atom. The van der Waals surface area contributed by atoms with E-state index in [0.29, 0.717) is 0 Å². The van der Waals surface area contributed by atoms with Crippen LogP contribution in [0.3, 0.4) is 0 Å². The molecule has 0 unspecified atom stereocenters. The largest absolute Gasteiger partial charge is 0.317 e. The second-order valence-corrected chi connectivity index (χ2v) is 4.75. The van der Waals surface area contributed by atoms with Gasteiger partial charge in [0.15, 0.2) is 0 Å². The van der Waals surface area contributed by atoms with E-state index in [1.165, 1.54) is 58.3 Å². The number of hydrogen-bond donors (Lipinski definition) is 1. The third-order valence-corrected chi connectivity index (χ3v) is 3.24. The Bertz CT molecular complexity index is 143. The Labute approximate surface area is 95.4 Å². The molecule has 1 aliphatic carbocycles. The molecule has 0 aliphatic heterocycles. The van der Waals surface area contributed by atoms with Gasteiger partial charge in [-0.2, -0.15) is 0 Å². The fraction of sp³-hybridized carbons (Fsp3) is 1.00. The van der Waals surface area contributed by atoms with Crippen molar-refractivity contribution < 1.29 is 0 Å². The van der Waals surface area contributed by atoms with E-state index in [0.717, 1.165) is 12.5 Å². The minimum Gasteiger partial charge on any atom is -0.317 e. The molecule has 15 heavy (non-hydrogen) atoms. The lowest BCUT2D eigenvalue weighted by atomic mass is 10.2. The van der Waals surface area contributed by atoms with E-state index in [4.69, 9.17) is 0 Å². The van der Waals surface area contributed by atoms with Crippen LogP contribution in [-0.2, 0) is 0 Å². The van der Waals surface area contributed by atoms with Gasteiger partial charge in [0.25, 0.3) is 0 Å². The molecule has 1 saturated carbocycles. The van der Waals surface area contributed by atoms with Gasteiger partial charge in [-0.15, -0.1) is 0 Å². The molecule has 1 fully saturated rings. The summed E-state index contributed by atoms with van der Waals surface area (Å²) in [4.78, 5) is 2.63. The lowest BCUT2D eigenvalue weighted by Gasteiger charge is -2.19. The molecule has 0 aromatic heterocycles. The molecule has 0 aromatic carbocycles. The van der Waals surface area contributed by atoms with Crippen molar-refractivity contribution in [3.05, 3.63) is 0 Å². The Balaban J connectivity index is 1.87. The first kappa shape index (κ1) is 13.0. The highest BCUT2D eigenvalue weighted by Gasteiger charge is 2.23. The van der Waals surface area contributed by atoms with E-state index >= 15 is 0 Å². The molecule has 0 amide bonds. The number of hydrogen-bond acceptors (Lipinski definition) is 2. The lowest BCUT2D eigenvalue weighted by molar-refractivity contribution is 0.270. The Morgan fingerprint density at radius 2 is 1.93 bits per heavy atom. The zero-order valence-corrected chi connectivity index (χ0v) is 10.6. The smallest absolute Gasteiger partial charge is 0.000954 e. The van der Waals surface area contributed by atoms with Gasteiger partial charge < -0.3 is 10.2 Å². The van der Waals surface area contributed by atoms with E-state index in [1.54, 1.807) is 0 Å². The van der Waals surface area contributed by atoms with Crippen molar-refractivity contribution in [2.75, 3.05) is 32.7 Å². The Morgan fingerprint density at radius 3 is 2.53 bits per heavy atom. The van der Waals surface area contributed by atoms with Gasteiger partial charge in [0.1, 0.15) is 0 Å². The maximum Gasteiger partial charge on any atom is 0.000954 e. The molecule has 1 rings (SSSR count). The SMILES string of the molecule is CCNCCCCCN(CC)CC1CC1. The second-order valence-electron chi connectivity index (χ2n) is 4.75. The molecule has 90 valence electrons. The van der Waals surface area contributed by atoms with Crippen LogP contribution >= 0.6 is 0 Å². The molecular formula is C13H28N2. The summed E-state index contributed by atoms with van der Waals surface area (Å²) in [6.45, 7) is 10.7. The molecule has 2 nitrogen and oxygen atoms in total. The molecule has 0 atom stereocenters. The standard InChI is InChI=1S/C13H28N2/c1-3-14-10-6-5-7-11-15(4-2)12-13-8-9-13/h13-14H,3-12H2,1-2H3. The van der Waals surface area contributed by atoms with Gasteiger partial charge in [-0.1, -0.05) is 20.3 Å². The van der Waals surface area contributed by atoms with Crippen molar-refractivity contribution in [2.24, 2.45) is 5.92 Å². The first-order valence-corrected chi connectivity index (χ1v) is 6.79. The van der Waals surface area contributed by atoms with E-state index in [9.17, 15) is 0 Å². The van der Waals surface area contributed by atoms with Gasteiger partial charge in [-0.25, -0.2) is 0 Å². The van der Waals surface area contributed by atoms with Gasteiger partial charge in [0, 0.05) is 6.54 Å². The zero-order valence-electron chi connectivity index (χ0n) is 10.6. The highest BCUT2D eigenvalue weighted by molar-refractivity contribution is 4.76. The summed E-state index contributed by atoms with van der Waals surface area (Å²) in [6, 6.07) is 0. The topological polar surface area (TPSA) is 15.3 Å². The van der Waals surface area contributed by atoms with Crippen LogP contribution in [0.15, 0.2) is 0 Å². The fourth-order valence-electron chi connectivity index (χ4n) is 1.98. The molecule has 1 N–H and O–H groups in total. The van der Waals surface area contributed by atoms with Crippen molar-refractivity contribution in [1.82, 2.24) is 10.2 Å². The van der Waals surface area contributed by atoms with Crippen LogP contribution in [0, 0.1) is 5.92 Å². The summed E-state index contributed by atoms with van der Waals surface area (Å²) >= 11 is 0. The van der Waals surface area contributed by atoms with Crippen LogP contribution < -0.4 is 5.32 Å². The molecular weight excluding hydrogens is 184 g/mol. The van der Waals surface area contributed by atoms with Gasteiger partial charge in [-0.3, -0.25) is 0 Å². The lowest BCUT2D eigenvalue weighted by Crippen LogP contribution is -2.27. The van der Waals surface area contributed by atoms with E-state index in [1.807, 2.05) is 0 Å². The molecule has 0 heterocycles. The van der Waals surface area contributed by atoms with Crippen LogP contribution in [0.1, 0.15) is 46.0 Å². The number of nitrogens with one attached hydrogen (secondary N) is 1. The highest BCUT2D eigenvalue weighted by atomic mass is 15.1. The van der Waals surface area contributed by atoms with Crippen molar-refractivity contribution in [3.8, 4) is 0 Å². The monoisotopic (exact) mass is 212 g/mol. The maximum absolute atomic E-state index is 3.38. The van der Waals surface area contributed by atoms with E-state index in [2.05, 4.69) is 24.1 Å². The van der Waals surface area contributed by atoms with Gasteiger partial charge >= 0.3 is 0 Å². The average Bonchev–Trinajstić information content (AvgIpc) is 3.05. The quantitative estimate of drug-likeness (QED) is 0.560. The summed E-state index contributed by atoms with van der Waals surface area (Å²) < 4.78 is 0. The van der Waals surface area contributed by atoms with Crippen molar-refractivity contribution in [1.29, 1.82) is 0 Å². The molecule has 0 aromatic rings. The Kier molecular flexibility index (Phi) is 7.03. The summed E-state index contributed by atoms with van der Waals surface area (Å²) in [7, 11) is 0. The normalized spacial score (nSPS) is 16.2. The third kappa shape index (κ3) is 6.91. The Hall–Kier alpha value is -0.0800. The van der Waals surface area contributed by atoms with E-state index in [-0.39, 0.29) is 0 Å². The molecule has 1 aliphatic rings. The maximum atomic E-state index is 3.38. The second kappa shape index (κ2) is 8.12. The molecule has 0 bridgehead atoms. The highest BCUT2D eigenvalue weighted by Crippen LogP contribution is 2.29. The van der Waals surface area contributed by atoms with Gasteiger partial charge in [-0.05, 0) is 57.8 Å². The minimum atomic E-state index is 1.05. The summed E-state index contributed by atoms with van der Waals surface area (Å²) in [6.07, 6.45) is 7.07. The first-order chi connectivity index (χ1) is 7.36. The fourth-order valence-corrected chi connectivity index (χ4v) is 1.98. The van der Waals surface area contributed by atoms with Crippen molar-refractivity contribution in [3.63, 3.8) is 0 Å². The molecule has 2 heteroatoms. The first-order valence-electron chi connectivity index (χ1n) is 6.79. The van der Waals surface area contributed by atoms with Crippen molar-refractivity contribution in [2.45, 2.75) is 46.0 Å². The van der Waals surface area contributed by atoms with Gasteiger partial charge in [0.2, 0.25) is 0 Å². The van der Waals surface area contributed by atoms with Crippen LogP contribution in [0.4, 0.5) is 0 Å².